The molecule has 0 saturated heterocycles. The van der Waals surface area contributed by atoms with Gasteiger partial charge in [0.05, 0.1) is 11.9 Å². The number of anilines is 1. The molecule has 0 radical (unpaired) electrons. The van der Waals surface area contributed by atoms with Gasteiger partial charge in [0.1, 0.15) is 12.6 Å². The van der Waals surface area contributed by atoms with Gasteiger partial charge in [-0.3, -0.25) is 13.9 Å². The Kier molecular flexibility index (Phi) is 10.7. The average molecular weight is 603 g/mol. The average Bonchev–Trinajstić information content (AvgIpc) is 2.86. The van der Waals surface area contributed by atoms with Crippen molar-refractivity contribution in [3.8, 4) is 0 Å². The van der Waals surface area contributed by atoms with Crippen LogP contribution in [0.4, 0.5) is 5.69 Å². The first-order valence-electron chi connectivity index (χ1n) is 12.7. The van der Waals surface area contributed by atoms with E-state index >= 15 is 0 Å². The predicted octanol–water partition coefficient (Wildman–Crippen LogP) is 5.98. The van der Waals surface area contributed by atoms with Gasteiger partial charge in [0.25, 0.3) is 0 Å². The van der Waals surface area contributed by atoms with Crippen LogP contribution in [0.1, 0.15) is 56.6 Å². The van der Waals surface area contributed by atoms with E-state index in [9.17, 15) is 18.0 Å². The molecule has 0 bridgehead atoms. The van der Waals surface area contributed by atoms with Crippen LogP contribution in [0.3, 0.4) is 0 Å². The Morgan fingerprint density at radius 2 is 1.58 bits per heavy atom. The summed E-state index contributed by atoms with van der Waals surface area (Å²) < 4.78 is 26.7. The van der Waals surface area contributed by atoms with Crippen LogP contribution in [0.25, 0.3) is 0 Å². The van der Waals surface area contributed by atoms with E-state index in [1.165, 1.54) is 4.90 Å². The number of sulfonamides is 1. The Balaban J connectivity index is 1.99. The van der Waals surface area contributed by atoms with Gasteiger partial charge in [0.15, 0.2) is 0 Å². The molecule has 38 heavy (non-hydrogen) atoms. The molecule has 1 fully saturated rings. The van der Waals surface area contributed by atoms with Crippen molar-refractivity contribution in [2.24, 2.45) is 0 Å². The highest BCUT2D eigenvalue weighted by Gasteiger charge is 2.34. The maximum Gasteiger partial charge on any atom is 0.244 e. The number of carbonyl (C=O) groups is 2. The van der Waals surface area contributed by atoms with Crippen molar-refractivity contribution in [1.29, 1.82) is 0 Å². The molecule has 1 aliphatic carbocycles. The molecular weight excluding hydrogens is 569 g/mol. The van der Waals surface area contributed by atoms with Crippen molar-refractivity contribution >= 4 is 62.3 Å². The Morgan fingerprint density at radius 3 is 2.16 bits per heavy atom. The zero-order valence-corrected chi connectivity index (χ0v) is 24.9. The van der Waals surface area contributed by atoms with Gasteiger partial charge in [0, 0.05) is 33.2 Å². The third-order valence-corrected chi connectivity index (χ3v) is 9.16. The number of nitrogens with one attached hydrogen (secondary N) is 1. The zero-order valence-electron chi connectivity index (χ0n) is 21.8. The largest absolute Gasteiger partial charge is 0.352 e. The van der Waals surface area contributed by atoms with Crippen LogP contribution in [0.15, 0.2) is 36.4 Å². The summed E-state index contributed by atoms with van der Waals surface area (Å²) in [4.78, 5) is 28.8. The molecule has 1 aliphatic rings. The molecule has 2 aromatic rings. The summed E-state index contributed by atoms with van der Waals surface area (Å²) >= 11 is 19.1. The van der Waals surface area contributed by atoms with E-state index in [2.05, 4.69) is 5.32 Å². The van der Waals surface area contributed by atoms with Crippen LogP contribution < -0.4 is 9.62 Å². The number of nitrogens with zero attached hydrogens (tertiary/aromatic N) is 2. The van der Waals surface area contributed by atoms with Gasteiger partial charge in [-0.05, 0) is 56.0 Å². The summed E-state index contributed by atoms with van der Waals surface area (Å²) in [6.07, 6.45) is 6.36. The topological polar surface area (TPSA) is 86.8 Å². The van der Waals surface area contributed by atoms with Gasteiger partial charge in [-0.1, -0.05) is 73.1 Å². The maximum absolute atomic E-state index is 13.9. The lowest BCUT2D eigenvalue weighted by Gasteiger charge is -2.34. The Hall–Kier alpha value is -2.00. The summed E-state index contributed by atoms with van der Waals surface area (Å²) in [5, 5.41) is 4.18. The molecule has 1 saturated carbocycles. The van der Waals surface area contributed by atoms with Crippen LogP contribution in [0, 0.1) is 6.92 Å². The normalized spacial score (nSPS) is 15.1. The fourth-order valence-corrected chi connectivity index (χ4v) is 6.37. The van der Waals surface area contributed by atoms with Crippen LogP contribution in [-0.2, 0) is 26.2 Å². The number of hydrogen-bond donors (Lipinski definition) is 1. The smallest absolute Gasteiger partial charge is 0.244 e. The predicted molar refractivity (Wildman–Crippen MR) is 154 cm³/mol. The van der Waals surface area contributed by atoms with Gasteiger partial charge in [-0.15, -0.1) is 0 Å². The third kappa shape index (κ3) is 7.56. The first-order valence-corrected chi connectivity index (χ1v) is 15.7. The molecule has 1 N–H and O–H groups in total. The van der Waals surface area contributed by atoms with Crippen molar-refractivity contribution in [3.05, 3.63) is 62.6 Å². The van der Waals surface area contributed by atoms with E-state index in [0.29, 0.717) is 38.3 Å². The zero-order chi connectivity index (χ0) is 28.0. The van der Waals surface area contributed by atoms with E-state index in [1.807, 2.05) is 6.92 Å². The van der Waals surface area contributed by atoms with E-state index in [0.717, 1.165) is 42.7 Å². The fraction of sp³-hybridized carbons (Fsp3) is 0.481. The van der Waals surface area contributed by atoms with Crippen LogP contribution >= 0.6 is 34.8 Å². The van der Waals surface area contributed by atoms with Crippen LogP contribution in [0.5, 0.6) is 0 Å². The quantitative estimate of drug-likeness (QED) is 0.363. The number of carbonyl (C=O) groups excluding carboxylic acids is 2. The monoisotopic (exact) mass is 601 g/mol. The molecule has 0 spiro atoms. The van der Waals surface area contributed by atoms with E-state index < -0.39 is 28.5 Å². The molecule has 2 aromatic carbocycles. The van der Waals surface area contributed by atoms with Crippen LogP contribution in [-0.4, -0.2) is 50.0 Å². The molecule has 0 heterocycles. The van der Waals surface area contributed by atoms with Crippen molar-refractivity contribution in [1.82, 2.24) is 10.2 Å². The lowest BCUT2D eigenvalue weighted by atomic mass is 9.95. The number of benzene rings is 2. The lowest BCUT2D eigenvalue weighted by Crippen LogP contribution is -2.54. The lowest BCUT2D eigenvalue weighted by molar-refractivity contribution is -0.140. The summed E-state index contributed by atoms with van der Waals surface area (Å²) in [5.41, 5.74) is 1.30. The summed E-state index contributed by atoms with van der Waals surface area (Å²) in [6, 6.07) is 9.09. The number of halogens is 3. The summed E-state index contributed by atoms with van der Waals surface area (Å²) in [5.74, 6) is -0.836. The number of hydrogen-bond acceptors (Lipinski definition) is 4. The second-order valence-electron chi connectivity index (χ2n) is 9.64. The van der Waals surface area contributed by atoms with Gasteiger partial charge in [-0.25, -0.2) is 8.42 Å². The minimum absolute atomic E-state index is 0.0489. The van der Waals surface area contributed by atoms with Gasteiger partial charge in [-0.2, -0.15) is 0 Å². The third-order valence-electron chi connectivity index (χ3n) is 6.91. The maximum atomic E-state index is 13.9. The first kappa shape index (κ1) is 30.5. The molecule has 2 amide bonds. The fourth-order valence-electron chi connectivity index (χ4n) is 4.78. The molecule has 0 unspecified atom stereocenters. The molecule has 1 atom stereocenters. The highest BCUT2D eigenvalue weighted by Crippen LogP contribution is 2.30. The first-order chi connectivity index (χ1) is 17.9. The molecule has 11 heteroatoms. The number of amides is 2. The highest BCUT2D eigenvalue weighted by molar-refractivity contribution is 7.92. The minimum Gasteiger partial charge on any atom is -0.352 e. The van der Waals surface area contributed by atoms with E-state index in [-0.39, 0.29) is 18.5 Å². The van der Waals surface area contributed by atoms with E-state index in [1.54, 1.807) is 43.3 Å². The van der Waals surface area contributed by atoms with Crippen molar-refractivity contribution in [2.75, 3.05) is 17.1 Å². The molecular formula is C27H34Cl3N3O4S. The minimum atomic E-state index is -3.88. The SMILES string of the molecule is CC[C@H](C(=O)NC1CCCCC1)N(Cc1c(Cl)cccc1Cl)C(=O)CN(c1cccc(Cl)c1C)S(C)(=O)=O. The van der Waals surface area contributed by atoms with Gasteiger partial charge < -0.3 is 10.2 Å². The van der Waals surface area contributed by atoms with Crippen molar-refractivity contribution in [3.63, 3.8) is 0 Å². The molecule has 0 aromatic heterocycles. The second-order valence-corrected chi connectivity index (χ2v) is 12.8. The van der Waals surface area contributed by atoms with Crippen LogP contribution in [0.2, 0.25) is 15.1 Å². The Bertz CT molecular complexity index is 1250. The molecule has 208 valence electrons. The summed E-state index contributed by atoms with van der Waals surface area (Å²) in [7, 11) is -3.88. The van der Waals surface area contributed by atoms with E-state index in [4.69, 9.17) is 34.8 Å². The van der Waals surface area contributed by atoms with Gasteiger partial charge in [0.2, 0.25) is 21.8 Å². The highest BCUT2D eigenvalue weighted by atomic mass is 35.5. The Morgan fingerprint density at radius 1 is 1.00 bits per heavy atom. The van der Waals surface area contributed by atoms with Gasteiger partial charge >= 0.3 is 0 Å². The number of rotatable bonds is 10. The second kappa shape index (κ2) is 13.4. The Labute approximate surface area is 240 Å². The van der Waals surface area contributed by atoms with Crippen molar-refractivity contribution < 1.29 is 18.0 Å². The molecule has 7 nitrogen and oxygen atoms in total. The molecule has 0 aliphatic heterocycles. The molecule has 3 rings (SSSR count). The summed E-state index contributed by atoms with van der Waals surface area (Å²) in [6.45, 7) is 2.93. The van der Waals surface area contributed by atoms with Crippen molar-refractivity contribution in [2.45, 2.75) is 71.0 Å². The standard InChI is InChI=1S/C27H34Cl3N3O4S/c1-4-24(27(35)31-19-10-6-5-7-11-19)32(16-20-22(29)13-8-14-23(20)30)26(34)17-33(38(3,36)37)25-15-9-12-21(28)18(25)2/h8-9,12-15,19,24H,4-7,10-11,16-17H2,1-3H3,(H,31,35)/t24-/m1/s1.